The minimum absolute atomic E-state index is 0.0169. The summed E-state index contributed by atoms with van der Waals surface area (Å²) < 4.78 is 1.95. The minimum Gasteiger partial charge on any atom is -0.342 e. The van der Waals surface area contributed by atoms with E-state index >= 15 is 0 Å². The summed E-state index contributed by atoms with van der Waals surface area (Å²) in [6.45, 7) is 4.12. The maximum Gasteiger partial charge on any atom is 0.225 e. The van der Waals surface area contributed by atoms with E-state index in [1.807, 2.05) is 23.4 Å². The minimum atomic E-state index is 0.0169. The molecule has 1 aromatic rings. The van der Waals surface area contributed by atoms with Gasteiger partial charge in [0.15, 0.2) is 0 Å². The molecule has 0 bridgehead atoms. The Labute approximate surface area is 114 Å². The van der Waals surface area contributed by atoms with Crippen molar-refractivity contribution in [2.75, 3.05) is 19.6 Å². The van der Waals surface area contributed by atoms with Crippen molar-refractivity contribution in [3.63, 3.8) is 0 Å². The van der Waals surface area contributed by atoms with Crippen LogP contribution in [-0.4, -0.2) is 45.2 Å². The van der Waals surface area contributed by atoms with Gasteiger partial charge in [0, 0.05) is 32.0 Å². The van der Waals surface area contributed by atoms with Gasteiger partial charge in [-0.05, 0) is 25.8 Å². The Morgan fingerprint density at radius 1 is 1.63 bits per heavy atom. The fourth-order valence-electron chi connectivity index (χ4n) is 2.73. The smallest absolute Gasteiger partial charge is 0.225 e. The Kier molecular flexibility index (Phi) is 4.52. The van der Waals surface area contributed by atoms with E-state index in [1.54, 1.807) is 6.33 Å². The number of aryl methyl sites for hydroxylation is 1. The van der Waals surface area contributed by atoms with Crippen molar-refractivity contribution in [2.24, 2.45) is 18.7 Å². The van der Waals surface area contributed by atoms with Gasteiger partial charge in [-0.1, -0.05) is 6.92 Å². The summed E-state index contributed by atoms with van der Waals surface area (Å²) in [5.74, 6) is 1.51. The Balaban J connectivity index is 2.01. The second-order valence-corrected chi connectivity index (χ2v) is 5.40. The predicted molar refractivity (Wildman–Crippen MR) is 72.4 cm³/mol. The van der Waals surface area contributed by atoms with Gasteiger partial charge in [0.25, 0.3) is 0 Å². The largest absolute Gasteiger partial charge is 0.342 e. The molecule has 2 atom stereocenters. The van der Waals surface area contributed by atoms with Crippen LogP contribution in [-0.2, 0) is 11.8 Å². The van der Waals surface area contributed by atoms with E-state index in [1.165, 1.54) is 0 Å². The second-order valence-electron chi connectivity index (χ2n) is 5.40. The van der Waals surface area contributed by atoms with Gasteiger partial charge in [-0.3, -0.25) is 4.79 Å². The van der Waals surface area contributed by atoms with Gasteiger partial charge in [-0.2, -0.15) is 0 Å². The van der Waals surface area contributed by atoms with E-state index < -0.39 is 0 Å². The third-order valence-electron chi connectivity index (χ3n) is 3.87. The second kappa shape index (κ2) is 6.14. The number of hydrogen-bond acceptors (Lipinski definition) is 4. The summed E-state index contributed by atoms with van der Waals surface area (Å²) in [4.78, 5) is 14.3. The summed E-state index contributed by atoms with van der Waals surface area (Å²) in [7, 11) is 1.95. The number of piperidine rings is 1. The Bertz CT molecular complexity index is 430. The number of carbonyl (C=O) groups excluding carboxylic acids is 1. The standard InChI is InChI=1S/C13H23N5O/c1-10(5-6-14)13(19)18-7-3-4-11(8-18)12-16-15-9-17(12)2/h9-11H,3-8,14H2,1-2H3. The van der Waals surface area contributed by atoms with Gasteiger partial charge >= 0.3 is 0 Å². The molecule has 6 nitrogen and oxygen atoms in total. The molecule has 1 fully saturated rings. The first kappa shape index (κ1) is 14.0. The number of nitrogens with two attached hydrogens (primary N) is 1. The van der Waals surface area contributed by atoms with Gasteiger partial charge in [0.05, 0.1) is 0 Å². The Morgan fingerprint density at radius 2 is 2.42 bits per heavy atom. The first-order chi connectivity index (χ1) is 9.13. The van der Waals surface area contributed by atoms with Gasteiger partial charge < -0.3 is 15.2 Å². The normalized spacial score (nSPS) is 21.4. The quantitative estimate of drug-likeness (QED) is 0.860. The lowest BCUT2D eigenvalue weighted by molar-refractivity contribution is -0.136. The monoisotopic (exact) mass is 265 g/mol. The zero-order valence-corrected chi connectivity index (χ0v) is 11.7. The van der Waals surface area contributed by atoms with Crippen molar-refractivity contribution < 1.29 is 4.79 Å². The van der Waals surface area contributed by atoms with E-state index in [0.29, 0.717) is 12.5 Å². The molecule has 1 amide bonds. The summed E-state index contributed by atoms with van der Waals surface area (Å²) in [6, 6.07) is 0. The summed E-state index contributed by atoms with van der Waals surface area (Å²) in [6.07, 6.45) is 4.57. The van der Waals surface area contributed by atoms with Crippen LogP contribution in [0.15, 0.2) is 6.33 Å². The predicted octanol–water partition coefficient (Wildman–Crippen LogP) is 0.506. The van der Waals surface area contributed by atoms with Gasteiger partial charge in [-0.15, -0.1) is 10.2 Å². The topological polar surface area (TPSA) is 77.0 Å². The molecule has 6 heteroatoms. The number of nitrogens with zero attached hydrogens (tertiary/aromatic N) is 4. The number of hydrogen-bond donors (Lipinski definition) is 1. The van der Waals surface area contributed by atoms with Crippen LogP contribution in [0.2, 0.25) is 0 Å². The van der Waals surface area contributed by atoms with Gasteiger partial charge in [-0.25, -0.2) is 0 Å². The van der Waals surface area contributed by atoms with Crippen molar-refractivity contribution >= 4 is 5.91 Å². The third-order valence-corrected chi connectivity index (χ3v) is 3.87. The van der Waals surface area contributed by atoms with Crippen molar-refractivity contribution in [1.29, 1.82) is 0 Å². The lowest BCUT2D eigenvalue weighted by Crippen LogP contribution is -2.42. The van der Waals surface area contributed by atoms with Gasteiger partial charge in [0.1, 0.15) is 12.2 Å². The molecular formula is C13H23N5O. The summed E-state index contributed by atoms with van der Waals surface area (Å²) >= 11 is 0. The zero-order chi connectivity index (χ0) is 13.8. The first-order valence-electron chi connectivity index (χ1n) is 6.96. The highest BCUT2D eigenvalue weighted by molar-refractivity contribution is 5.78. The Hall–Kier alpha value is -1.43. The van der Waals surface area contributed by atoms with Crippen LogP contribution >= 0.6 is 0 Å². The van der Waals surface area contributed by atoms with E-state index in [4.69, 9.17) is 5.73 Å². The molecule has 0 spiro atoms. The van der Waals surface area contributed by atoms with E-state index in [0.717, 1.165) is 38.2 Å². The maximum atomic E-state index is 12.3. The summed E-state index contributed by atoms with van der Waals surface area (Å²) in [5, 5.41) is 8.09. The van der Waals surface area contributed by atoms with Crippen LogP contribution in [0.25, 0.3) is 0 Å². The molecule has 1 saturated heterocycles. The molecule has 106 valence electrons. The first-order valence-corrected chi connectivity index (χ1v) is 6.96. The molecule has 1 aromatic heterocycles. The fourth-order valence-corrected chi connectivity index (χ4v) is 2.73. The zero-order valence-electron chi connectivity index (χ0n) is 11.7. The molecule has 0 radical (unpaired) electrons. The maximum absolute atomic E-state index is 12.3. The molecule has 2 rings (SSSR count). The van der Waals surface area contributed by atoms with Crippen LogP contribution in [0.3, 0.4) is 0 Å². The lowest BCUT2D eigenvalue weighted by Gasteiger charge is -2.33. The molecule has 0 saturated carbocycles. The van der Waals surface area contributed by atoms with E-state index in [2.05, 4.69) is 10.2 Å². The highest BCUT2D eigenvalue weighted by Crippen LogP contribution is 2.26. The number of amides is 1. The molecule has 19 heavy (non-hydrogen) atoms. The third kappa shape index (κ3) is 3.12. The number of aromatic nitrogens is 3. The molecule has 1 aliphatic heterocycles. The molecule has 2 heterocycles. The van der Waals surface area contributed by atoms with Crippen LogP contribution in [0, 0.1) is 5.92 Å². The van der Waals surface area contributed by atoms with Crippen molar-refractivity contribution in [2.45, 2.75) is 32.1 Å². The number of likely N-dealkylation sites (tertiary alicyclic amines) is 1. The molecule has 2 N–H and O–H groups in total. The molecule has 0 aromatic carbocycles. The average molecular weight is 265 g/mol. The molecule has 0 aliphatic carbocycles. The highest BCUT2D eigenvalue weighted by Gasteiger charge is 2.29. The SMILES string of the molecule is CC(CCN)C(=O)N1CCCC(c2nncn2C)C1. The molecular weight excluding hydrogens is 242 g/mol. The summed E-state index contributed by atoms with van der Waals surface area (Å²) in [5.41, 5.74) is 5.53. The highest BCUT2D eigenvalue weighted by atomic mass is 16.2. The number of carbonyl (C=O) groups is 1. The van der Waals surface area contributed by atoms with Crippen molar-refractivity contribution in [1.82, 2.24) is 19.7 Å². The van der Waals surface area contributed by atoms with E-state index in [9.17, 15) is 4.79 Å². The lowest BCUT2D eigenvalue weighted by atomic mass is 9.95. The molecule has 1 aliphatic rings. The van der Waals surface area contributed by atoms with Crippen molar-refractivity contribution in [3.05, 3.63) is 12.2 Å². The Morgan fingerprint density at radius 3 is 3.05 bits per heavy atom. The van der Waals surface area contributed by atoms with Crippen LogP contribution < -0.4 is 5.73 Å². The number of rotatable bonds is 4. The van der Waals surface area contributed by atoms with Crippen LogP contribution in [0.5, 0.6) is 0 Å². The fraction of sp³-hybridized carbons (Fsp3) is 0.769. The van der Waals surface area contributed by atoms with Gasteiger partial charge in [0.2, 0.25) is 5.91 Å². The van der Waals surface area contributed by atoms with E-state index in [-0.39, 0.29) is 11.8 Å². The van der Waals surface area contributed by atoms with Crippen molar-refractivity contribution in [3.8, 4) is 0 Å². The van der Waals surface area contributed by atoms with Crippen LogP contribution in [0.1, 0.15) is 37.9 Å². The molecule has 2 unspecified atom stereocenters. The van der Waals surface area contributed by atoms with Crippen LogP contribution in [0.4, 0.5) is 0 Å². The average Bonchev–Trinajstić information content (AvgIpc) is 2.84.